The molecule has 0 aromatic carbocycles. The summed E-state index contributed by atoms with van der Waals surface area (Å²) in [6.45, 7) is -0.263. The van der Waals surface area contributed by atoms with E-state index in [1.54, 1.807) is 0 Å². The van der Waals surface area contributed by atoms with E-state index in [1.165, 1.54) is 0 Å². The molecular weight excluding hydrogens is 154 g/mol. The highest BCUT2D eigenvalue weighted by Gasteiger charge is 2.12. The molecule has 62 valence electrons. The van der Waals surface area contributed by atoms with Crippen molar-refractivity contribution in [1.29, 1.82) is 0 Å². The van der Waals surface area contributed by atoms with Crippen molar-refractivity contribution >= 4 is 18.2 Å². The maximum absolute atomic E-state index is 10.5. The summed E-state index contributed by atoms with van der Waals surface area (Å²) in [6.07, 6.45) is 0. The van der Waals surface area contributed by atoms with E-state index in [2.05, 4.69) is 14.6 Å². The number of hydrogen-bond acceptors (Lipinski definition) is 6. The van der Waals surface area contributed by atoms with Gasteiger partial charge in [0.1, 0.15) is 6.61 Å². The molecule has 1 N–H and O–H groups in total. The van der Waals surface area contributed by atoms with Gasteiger partial charge in [-0.15, -0.1) is 0 Å². The molecule has 0 radical (unpaired) electrons. The minimum atomic E-state index is -0.839. The van der Waals surface area contributed by atoms with E-state index in [9.17, 15) is 9.59 Å². The molecule has 0 aliphatic heterocycles. The fourth-order valence-electron chi connectivity index (χ4n) is 0.359. The second-order valence-electron chi connectivity index (χ2n) is 1.45. The molecule has 0 unspecified atom stereocenters. The third-order valence-corrected chi connectivity index (χ3v) is 0.830. The zero-order valence-electron chi connectivity index (χ0n) is 5.81. The fourth-order valence-corrected chi connectivity index (χ4v) is 0.359. The topological polar surface area (TPSA) is 85.2 Å². The summed E-state index contributed by atoms with van der Waals surface area (Å²) in [5.41, 5.74) is -0.361. The Hall–Kier alpha value is -1.59. The normalized spacial score (nSPS) is 10.5. The molecular formula is C5H7NO5. The number of esters is 1. The monoisotopic (exact) mass is 161 g/mol. The van der Waals surface area contributed by atoms with Gasteiger partial charge < -0.3 is 14.7 Å². The Labute approximate surface area is 62.4 Å². The molecule has 0 aromatic heterocycles. The van der Waals surface area contributed by atoms with Crippen molar-refractivity contribution in [3.63, 3.8) is 0 Å². The molecule has 11 heavy (non-hydrogen) atoms. The number of oxime groups is 1. The molecule has 6 heteroatoms. The first-order valence-corrected chi connectivity index (χ1v) is 2.60. The van der Waals surface area contributed by atoms with E-state index >= 15 is 0 Å². The molecule has 0 heterocycles. The largest absolute Gasteiger partial charge is 0.464 e. The smallest absolute Gasteiger partial charge is 0.359 e. The van der Waals surface area contributed by atoms with Crippen LogP contribution in [0.1, 0.15) is 0 Å². The highest BCUT2D eigenvalue weighted by Crippen LogP contribution is 1.83. The first-order chi connectivity index (χ1) is 5.26. The summed E-state index contributed by atoms with van der Waals surface area (Å²) in [5, 5.41) is 10.7. The van der Waals surface area contributed by atoms with Crippen molar-refractivity contribution in [2.75, 3.05) is 13.7 Å². The van der Waals surface area contributed by atoms with Gasteiger partial charge in [-0.05, 0) is 0 Å². The summed E-state index contributed by atoms with van der Waals surface area (Å²) in [7, 11) is 1.12. The van der Waals surface area contributed by atoms with Gasteiger partial charge in [0.15, 0.2) is 0 Å². The maximum atomic E-state index is 10.5. The highest BCUT2D eigenvalue weighted by molar-refractivity contribution is 6.36. The van der Waals surface area contributed by atoms with Crippen LogP contribution in [0.5, 0.6) is 0 Å². The number of carbonyl (C=O) groups is 2. The minimum absolute atomic E-state index is 0.133. The zero-order valence-corrected chi connectivity index (χ0v) is 5.81. The van der Waals surface area contributed by atoms with Gasteiger partial charge in [-0.1, -0.05) is 5.16 Å². The van der Waals surface area contributed by atoms with Crippen LogP contribution >= 0.6 is 0 Å². The van der Waals surface area contributed by atoms with Crippen LogP contribution in [-0.2, 0) is 19.1 Å². The lowest BCUT2D eigenvalue weighted by Crippen LogP contribution is -2.21. The summed E-state index contributed by atoms with van der Waals surface area (Å²) < 4.78 is 8.31. The number of nitrogens with zero attached hydrogens (tertiary/aromatic N) is 1. The predicted molar refractivity (Wildman–Crippen MR) is 33.3 cm³/mol. The van der Waals surface area contributed by atoms with Crippen molar-refractivity contribution in [2.45, 2.75) is 0 Å². The van der Waals surface area contributed by atoms with Crippen molar-refractivity contribution in [3.8, 4) is 0 Å². The molecule has 0 aliphatic rings. The Bertz CT molecular complexity index is 176. The molecule has 0 aromatic rings. The average molecular weight is 161 g/mol. The maximum Gasteiger partial charge on any atom is 0.359 e. The van der Waals surface area contributed by atoms with Crippen molar-refractivity contribution in [3.05, 3.63) is 0 Å². The molecule has 0 amide bonds. The van der Waals surface area contributed by atoms with E-state index in [1.807, 2.05) is 0 Å². The molecule has 0 aliphatic carbocycles. The first-order valence-electron chi connectivity index (χ1n) is 2.60. The van der Waals surface area contributed by atoms with Gasteiger partial charge >= 0.3 is 5.97 Å². The van der Waals surface area contributed by atoms with Gasteiger partial charge in [0.2, 0.25) is 5.71 Å². The highest BCUT2D eigenvalue weighted by atomic mass is 16.5. The van der Waals surface area contributed by atoms with Crippen molar-refractivity contribution in [1.82, 2.24) is 0 Å². The first kappa shape index (κ1) is 9.41. The van der Waals surface area contributed by atoms with E-state index in [4.69, 9.17) is 5.21 Å². The lowest BCUT2D eigenvalue weighted by Gasteiger charge is -1.98. The lowest BCUT2D eigenvalue weighted by atomic mass is 10.4. The number of carbonyl (C=O) groups excluding carboxylic acids is 2. The van der Waals surface area contributed by atoms with Gasteiger partial charge in [-0.2, -0.15) is 0 Å². The van der Waals surface area contributed by atoms with E-state index < -0.39 is 12.6 Å². The fraction of sp³-hybridized carbons (Fsp3) is 0.400. The van der Waals surface area contributed by atoms with Gasteiger partial charge in [0.25, 0.3) is 6.47 Å². The van der Waals surface area contributed by atoms with Gasteiger partial charge in [0.05, 0.1) is 7.11 Å². The molecule has 0 saturated carbocycles. The SMILES string of the molecule is COC(=O)/C(COC=O)=N\O. The van der Waals surface area contributed by atoms with Gasteiger partial charge in [0, 0.05) is 0 Å². The third-order valence-electron chi connectivity index (χ3n) is 0.830. The minimum Gasteiger partial charge on any atom is -0.464 e. The van der Waals surface area contributed by atoms with E-state index in [-0.39, 0.29) is 12.2 Å². The second-order valence-corrected chi connectivity index (χ2v) is 1.45. The van der Waals surface area contributed by atoms with Crippen LogP contribution in [0.15, 0.2) is 5.16 Å². The van der Waals surface area contributed by atoms with E-state index in [0.29, 0.717) is 0 Å². The molecule has 0 spiro atoms. The Morgan fingerprint density at radius 2 is 2.36 bits per heavy atom. The quantitative estimate of drug-likeness (QED) is 0.191. The van der Waals surface area contributed by atoms with Gasteiger partial charge in [-0.3, -0.25) is 4.79 Å². The van der Waals surface area contributed by atoms with Crippen molar-refractivity contribution < 1.29 is 24.3 Å². The number of ether oxygens (including phenoxy) is 2. The third kappa shape index (κ3) is 3.19. The zero-order chi connectivity index (χ0) is 8.69. The second kappa shape index (κ2) is 5.21. The number of methoxy groups -OCH3 is 1. The molecule has 0 saturated heterocycles. The van der Waals surface area contributed by atoms with Crippen LogP contribution in [0, 0.1) is 0 Å². The number of hydrogen-bond donors (Lipinski definition) is 1. The van der Waals surface area contributed by atoms with Crippen LogP contribution in [0.3, 0.4) is 0 Å². The Morgan fingerprint density at radius 3 is 2.73 bits per heavy atom. The van der Waals surface area contributed by atoms with Crippen LogP contribution in [0.25, 0.3) is 0 Å². The summed E-state index contributed by atoms with van der Waals surface area (Å²) in [6, 6.07) is 0. The molecule has 0 fully saturated rings. The van der Waals surface area contributed by atoms with Crippen LogP contribution in [0.4, 0.5) is 0 Å². The molecule has 0 atom stereocenters. The van der Waals surface area contributed by atoms with Crippen molar-refractivity contribution in [2.24, 2.45) is 5.16 Å². The number of rotatable bonds is 4. The molecule has 6 nitrogen and oxygen atoms in total. The summed E-state index contributed by atoms with van der Waals surface area (Å²) in [4.78, 5) is 20.2. The van der Waals surface area contributed by atoms with Crippen LogP contribution in [-0.4, -0.2) is 37.1 Å². The average Bonchev–Trinajstić information content (AvgIpc) is 2.05. The summed E-state index contributed by atoms with van der Waals surface area (Å²) >= 11 is 0. The lowest BCUT2D eigenvalue weighted by molar-refractivity contribution is -0.133. The van der Waals surface area contributed by atoms with Crippen LogP contribution in [0.2, 0.25) is 0 Å². The Kier molecular flexibility index (Phi) is 4.46. The summed E-state index contributed by atoms with van der Waals surface area (Å²) in [5.74, 6) is -0.839. The van der Waals surface area contributed by atoms with Gasteiger partial charge in [-0.25, -0.2) is 4.79 Å². The molecule has 0 bridgehead atoms. The standard InChI is InChI=1S/C5H7NO5/c1-10-5(8)4(6-9)2-11-3-7/h3,9H,2H2,1H3/b6-4-. The van der Waals surface area contributed by atoms with E-state index in [0.717, 1.165) is 7.11 Å². The Morgan fingerprint density at radius 1 is 1.73 bits per heavy atom. The van der Waals surface area contributed by atoms with Crippen LogP contribution < -0.4 is 0 Å². The predicted octanol–water partition coefficient (Wildman–Crippen LogP) is -0.837. The Balaban J connectivity index is 3.97. The molecule has 0 rings (SSSR count).